The maximum Gasteiger partial charge on any atom is 0.261 e. The van der Waals surface area contributed by atoms with Crippen LogP contribution in [0.1, 0.15) is 57.8 Å². The highest BCUT2D eigenvalue weighted by atomic mass is 19.3. The van der Waals surface area contributed by atoms with Crippen LogP contribution < -0.4 is 0 Å². The summed E-state index contributed by atoms with van der Waals surface area (Å²) in [7, 11) is 1.86. The van der Waals surface area contributed by atoms with Crippen molar-refractivity contribution in [3.63, 3.8) is 0 Å². The number of hydrogen-bond acceptors (Lipinski definition) is 3. The largest absolute Gasteiger partial charge is 0.336 e. The topological polar surface area (TPSA) is 41.4 Å². The lowest BCUT2D eigenvalue weighted by Crippen LogP contribution is -2.61. The number of nitrogens with zero attached hydrogens (tertiary/aromatic N) is 4. The molecular formula is C21H34F2N4O. The summed E-state index contributed by atoms with van der Waals surface area (Å²) in [5.74, 6) is -2.93. The number of piperidine rings is 2. The molecule has 0 N–H and O–H groups in total. The number of carbonyl (C=O) groups excluding carboxylic acids is 1. The number of alkyl halides is 2. The zero-order valence-electron chi connectivity index (χ0n) is 17.9. The molecule has 5 nitrogen and oxygen atoms in total. The Balaban J connectivity index is 1.78. The van der Waals surface area contributed by atoms with Gasteiger partial charge in [-0.15, -0.1) is 0 Å². The summed E-state index contributed by atoms with van der Waals surface area (Å²) < 4.78 is 31.1. The third kappa shape index (κ3) is 4.73. The maximum atomic E-state index is 14.7. The molecule has 158 valence electrons. The van der Waals surface area contributed by atoms with E-state index in [2.05, 4.69) is 25.9 Å². The molecular weight excluding hydrogens is 362 g/mol. The second-order valence-electron chi connectivity index (χ2n) is 10.1. The van der Waals surface area contributed by atoms with E-state index in [0.29, 0.717) is 32.6 Å². The Morgan fingerprint density at radius 2 is 1.96 bits per heavy atom. The number of rotatable bonds is 4. The van der Waals surface area contributed by atoms with E-state index in [9.17, 15) is 13.6 Å². The van der Waals surface area contributed by atoms with Crippen LogP contribution in [0.15, 0.2) is 6.07 Å². The lowest BCUT2D eigenvalue weighted by atomic mass is 9.71. The van der Waals surface area contributed by atoms with E-state index >= 15 is 0 Å². The number of aromatic nitrogens is 2. The minimum absolute atomic E-state index is 0.0832. The van der Waals surface area contributed by atoms with Crippen LogP contribution in [0.3, 0.4) is 0 Å². The summed E-state index contributed by atoms with van der Waals surface area (Å²) >= 11 is 0. The number of likely N-dealkylation sites (tertiary alicyclic amines) is 2. The standard InChI is InChI=1S/C21H34F2N4O/c1-16-11-17(25(5)24-16)12-27-9-6-7-20(18(27)28)13-21(22,23)15-26(14-20)10-8-19(2,3)4/h11H,6-10,12-15H2,1-5H3/t20-/m1/s1. The Morgan fingerprint density at radius 3 is 2.57 bits per heavy atom. The Morgan fingerprint density at radius 1 is 1.25 bits per heavy atom. The van der Waals surface area contributed by atoms with Crippen LogP contribution in [0.2, 0.25) is 0 Å². The van der Waals surface area contributed by atoms with E-state index in [1.807, 2.05) is 24.9 Å². The average Bonchev–Trinajstić information content (AvgIpc) is 2.85. The maximum absolute atomic E-state index is 14.7. The van der Waals surface area contributed by atoms with Crippen LogP contribution in [0.25, 0.3) is 0 Å². The first-order valence-corrected chi connectivity index (χ1v) is 10.3. The fourth-order valence-corrected chi connectivity index (χ4v) is 4.69. The number of aryl methyl sites for hydroxylation is 2. The summed E-state index contributed by atoms with van der Waals surface area (Å²) in [5.41, 5.74) is 0.954. The molecule has 3 rings (SSSR count). The normalized spacial score (nSPS) is 26.2. The molecule has 1 amide bonds. The van der Waals surface area contributed by atoms with Crippen LogP contribution in [0.4, 0.5) is 8.78 Å². The van der Waals surface area contributed by atoms with E-state index in [0.717, 1.165) is 24.2 Å². The van der Waals surface area contributed by atoms with Crippen molar-refractivity contribution < 1.29 is 13.6 Å². The van der Waals surface area contributed by atoms with Crippen molar-refractivity contribution in [2.24, 2.45) is 17.9 Å². The predicted octanol–water partition coefficient (Wildman–Crippen LogP) is 3.61. The SMILES string of the molecule is Cc1cc(CN2CCC[C@@]3(CN(CCC(C)(C)C)CC(F)(F)C3)C2=O)n(C)n1. The molecule has 2 aliphatic heterocycles. The van der Waals surface area contributed by atoms with Gasteiger partial charge in [-0.2, -0.15) is 5.10 Å². The number of amides is 1. The van der Waals surface area contributed by atoms with E-state index in [4.69, 9.17) is 0 Å². The molecule has 2 saturated heterocycles. The van der Waals surface area contributed by atoms with Gasteiger partial charge in [0.05, 0.1) is 29.9 Å². The fraction of sp³-hybridized carbons (Fsp3) is 0.810. The van der Waals surface area contributed by atoms with Gasteiger partial charge in [0.25, 0.3) is 5.92 Å². The van der Waals surface area contributed by atoms with Crippen LogP contribution in [-0.4, -0.2) is 57.6 Å². The van der Waals surface area contributed by atoms with Crippen LogP contribution >= 0.6 is 0 Å². The first kappa shape index (κ1) is 21.2. The van der Waals surface area contributed by atoms with Gasteiger partial charge in [0.1, 0.15) is 0 Å². The van der Waals surface area contributed by atoms with Gasteiger partial charge in [0.15, 0.2) is 0 Å². The second kappa shape index (κ2) is 7.39. The molecule has 0 saturated carbocycles. The lowest BCUT2D eigenvalue weighted by molar-refractivity contribution is -0.170. The number of carbonyl (C=O) groups is 1. The van der Waals surface area contributed by atoms with Crippen molar-refractivity contribution in [3.05, 3.63) is 17.5 Å². The molecule has 3 heterocycles. The molecule has 2 fully saturated rings. The van der Waals surface area contributed by atoms with Gasteiger partial charge in [-0.25, -0.2) is 8.78 Å². The minimum Gasteiger partial charge on any atom is -0.336 e. The smallest absolute Gasteiger partial charge is 0.261 e. The molecule has 0 unspecified atom stereocenters. The zero-order chi connectivity index (χ0) is 20.7. The van der Waals surface area contributed by atoms with Crippen molar-refractivity contribution >= 4 is 5.91 Å². The predicted molar refractivity (Wildman–Crippen MR) is 105 cm³/mol. The Bertz CT molecular complexity index is 724. The van der Waals surface area contributed by atoms with Crippen molar-refractivity contribution in [2.45, 2.75) is 65.8 Å². The molecule has 0 radical (unpaired) electrons. The van der Waals surface area contributed by atoms with E-state index in [1.54, 1.807) is 9.58 Å². The third-order valence-electron chi connectivity index (χ3n) is 6.03. The quantitative estimate of drug-likeness (QED) is 0.781. The van der Waals surface area contributed by atoms with Gasteiger partial charge in [-0.3, -0.25) is 14.4 Å². The highest BCUT2D eigenvalue weighted by molar-refractivity contribution is 5.84. The molecule has 0 bridgehead atoms. The first-order valence-electron chi connectivity index (χ1n) is 10.3. The molecule has 2 aliphatic rings. The van der Waals surface area contributed by atoms with Gasteiger partial charge in [-0.05, 0) is 44.2 Å². The number of halogens is 2. The van der Waals surface area contributed by atoms with Crippen molar-refractivity contribution in [2.75, 3.05) is 26.2 Å². The molecule has 1 aromatic rings. The van der Waals surface area contributed by atoms with Gasteiger partial charge in [0, 0.05) is 26.6 Å². The highest BCUT2D eigenvalue weighted by Crippen LogP contribution is 2.45. The molecule has 1 aromatic heterocycles. The average molecular weight is 397 g/mol. The molecule has 0 aromatic carbocycles. The molecule has 0 aliphatic carbocycles. The monoisotopic (exact) mass is 396 g/mol. The molecule has 1 spiro atoms. The Hall–Kier alpha value is -1.50. The molecule has 1 atom stereocenters. The lowest BCUT2D eigenvalue weighted by Gasteiger charge is -2.49. The first-order chi connectivity index (χ1) is 12.9. The molecule has 28 heavy (non-hydrogen) atoms. The van der Waals surface area contributed by atoms with Gasteiger partial charge < -0.3 is 4.90 Å². The van der Waals surface area contributed by atoms with Gasteiger partial charge in [0.2, 0.25) is 5.91 Å². The van der Waals surface area contributed by atoms with Crippen LogP contribution in [0.5, 0.6) is 0 Å². The summed E-state index contributed by atoms with van der Waals surface area (Å²) in [6, 6.07) is 1.96. The molecule has 7 heteroatoms. The highest BCUT2D eigenvalue weighted by Gasteiger charge is 2.55. The van der Waals surface area contributed by atoms with E-state index in [1.165, 1.54) is 0 Å². The number of hydrogen-bond donors (Lipinski definition) is 0. The summed E-state index contributed by atoms with van der Waals surface area (Å²) in [4.78, 5) is 17.0. The van der Waals surface area contributed by atoms with Crippen molar-refractivity contribution in [1.82, 2.24) is 19.6 Å². The van der Waals surface area contributed by atoms with Gasteiger partial charge in [-0.1, -0.05) is 20.8 Å². The van der Waals surface area contributed by atoms with Gasteiger partial charge >= 0.3 is 0 Å². The Labute approximate surface area is 167 Å². The summed E-state index contributed by atoms with van der Waals surface area (Å²) in [5, 5.41) is 4.34. The summed E-state index contributed by atoms with van der Waals surface area (Å²) in [6.45, 7) is 10.1. The van der Waals surface area contributed by atoms with Crippen LogP contribution in [-0.2, 0) is 18.4 Å². The van der Waals surface area contributed by atoms with Crippen LogP contribution in [0, 0.1) is 17.8 Å². The third-order valence-corrected chi connectivity index (χ3v) is 6.03. The van der Waals surface area contributed by atoms with E-state index in [-0.39, 0.29) is 24.3 Å². The second-order valence-corrected chi connectivity index (χ2v) is 10.1. The zero-order valence-corrected chi connectivity index (χ0v) is 17.9. The minimum atomic E-state index is -2.82. The van der Waals surface area contributed by atoms with Crippen molar-refractivity contribution in [3.8, 4) is 0 Å². The fourth-order valence-electron chi connectivity index (χ4n) is 4.69. The van der Waals surface area contributed by atoms with Crippen molar-refractivity contribution in [1.29, 1.82) is 0 Å². The summed E-state index contributed by atoms with van der Waals surface area (Å²) in [6.07, 6.45) is 1.83. The van der Waals surface area contributed by atoms with E-state index < -0.39 is 11.3 Å². The Kier molecular flexibility index (Phi) is 5.60.